The molecule has 0 aliphatic heterocycles. The van der Waals surface area contributed by atoms with E-state index in [2.05, 4.69) is 15.2 Å². The molecule has 2 N–H and O–H groups in total. The van der Waals surface area contributed by atoms with Gasteiger partial charge in [-0.3, -0.25) is 4.79 Å². The second-order valence-electron chi connectivity index (χ2n) is 6.44. The first-order valence-corrected chi connectivity index (χ1v) is 10.6. The molecule has 2 aromatic carbocycles. The number of carbonyl (C=O) groups excluding carboxylic acids is 1. The Morgan fingerprint density at radius 3 is 2.52 bits per heavy atom. The summed E-state index contributed by atoms with van der Waals surface area (Å²) in [6.45, 7) is 6.04. The van der Waals surface area contributed by atoms with Crippen LogP contribution in [0.3, 0.4) is 0 Å². The van der Waals surface area contributed by atoms with Gasteiger partial charge < -0.3 is 10.1 Å². The van der Waals surface area contributed by atoms with E-state index in [0.717, 1.165) is 5.56 Å². The summed E-state index contributed by atoms with van der Waals surface area (Å²) in [5.74, 6) is -0.897. The number of aromatic amines is 1. The van der Waals surface area contributed by atoms with Crippen LogP contribution in [0.25, 0.3) is 10.9 Å². The third-order valence-corrected chi connectivity index (χ3v) is 6.71. The van der Waals surface area contributed by atoms with E-state index in [4.69, 9.17) is 0 Å². The maximum atomic E-state index is 12.7. The van der Waals surface area contributed by atoms with Crippen molar-refractivity contribution in [3.63, 3.8) is 0 Å². The van der Waals surface area contributed by atoms with Gasteiger partial charge in [0.15, 0.2) is 5.69 Å². The Labute approximate surface area is 168 Å². The molecule has 0 spiro atoms. The Hall–Kier alpha value is -3.04. The number of nitrogens with one attached hydrogen (secondary N) is 1. The predicted octanol–water partition coefficient (Wildman–Crippen LogP) is 4.14. The summed E-state index contributed by atoms with van der Waals surface area (Å²) >= 11 is 0. The first-order chi connectivity index (χ1) is 13.8. The van der Waals surface area contributed by atoms with E-state index < -0.39 is 15.9 Å². The number of nitrogens with zero attached hydrogens (tertiary/aromatic N) is 3. The fourth-order valence-corrected chi connectivity index (χ4v) is 4.60. The zero-order valence-corrected chi connectivity index (χ0v) is 17.2. The molecule has 0 atom stereocenters. The standard InChI is InChI=1S/C20H22N4O4S/c1-4-24(5-2)29(27,28)15-10-7-9-14(12-15)19(25)23-22-18-16-11-6-8-13(3)17(16)21-20(18)26/h6-12,21,26H,4-5H2,1-3H3. The number of aryl methyl sites for hydroxylation is 1. The number of aromatic nitrogens is 1. The van der Waals surface area contributed by atoms with Crippen LogP contribution >= 0.6 is 0 Å². The van der Waals surface area contributed by atoms with Crippen molar-refractivity contribution in [2.24, 2.45) is 10.2 Å². The summed E-state index contributed by atoms with van der Waals surface area (Å²) in [5, 5.41) is 18.3. The molecule has 9 heteroatoms. The zero-order chi connectivity index (χ0) is 21.2. The number of aromatic hydroxyl groups is 1. The maximum absolute atomic E-state index is 12.7. The van der Waals surface area contributed by atoms with Gasteiger partial charge in [0.25, 0.3) is 5.91 Å². The number of carbonyl (C=O) groups is 1. The summed E-state index contributed by atoms with van der Waals surface area (Å²) < 4.78 is 26.6. The van der Waals surface area contributed by atoms with Gasteiger partial charge in [-0.05, 0) is 30.7 Å². The zero-order valence-electron chi connectivity index (χ0n) is 16.4. The normalized spacial score (nSPS) is 12.3. The van der Waals surface area contributed by atoms with Crippen molar-refractivity contribution in [3.8, 4) is 5.88 Å². The van der Waals surface area contributed by atoms with Crippen LogP contribution in [0.15, 0.2) is 57.6 Å². The van der Waals surface area contributed by atoms with Gasteiger partial charge in [-0.25, -0.2) is 8.42 Å². The first-order valence-electron chi connectivity index (χ1n) is 9.16. The quantitative estimate of drug-likeness (QED) is 0.590. The molecule has 152 valence electrons. The Morgan fingerprint density at radius 2 is 1.83 bits per heavy atom. The highest BCUT2D eigenvalue weighted by atomic mass is 32.2. The minimum Gasteiger partial charge on any atom is -0.493 e. The lowest BCUT2D eigenvalue weighted by molar-refractivity contribution is 0.0995. The van der Waals surface area contributed by atoms with Gasteiger partial charge in [0.2, 0.25) is 15.9 Å². The van der Waals surface area contributed by atoms with Crippen LogP contribution in [-0.4, -0.2) is 41.8 Å². The second-order valence-corrected chi connectivity index (χ2v) is 8.38. The Bertz CT molecular complexity index is 1190. The number of rotatable bonds is 6. The SMILES string of the molecule is CCN(CC)S(=O)(=O)c1cccc(C(=O)N=Nc2c(O)[nH]c3c(C)cccc23)c1. The fourth-order valence-electron chi connectivity index (χ4n) is 3.09. The molecule has 0 fully saturated rings. The van der Waals surface area contributed by atoms with Gasteiger partial charge in [0.1, 0.15) is 0 Å². The number of fused-ring (bicyclic) bond motifs is 1. The van der Waals surface area contributed by atoms with Crippen LogP contribution < -0.4 is 0 Å². The van der Waals surface area contributed by atoms with Crippen LogP contribution in [0.1, 0.15) is 29.8 Å². The van der Waals surface area contributed by atoms with Crippen LogP contribution in [0, 0.1) is 6.92 Å². The number of para-hydroxylation sites is 1. The maximum Gasteiger partial charge on any atom is 0.295 e. The molecule has 0 bridgehead atoms. The third-order valence-electron chi connectivity index (χ3n) is 4.66. The topological polar surface area (TPSA) is 115 Å². The highest BCUT2D eigenvalue weighted by Gasteiger charge is 2.22. The number of hydrogen-bond donors (Lipinski definition) is 2. The molecule has 1 aromatic heterocycles. The Kier molecular flexibility index (Phi) is 5.81. The van der Waals surface area contributed by atoms with E-state index in [1.807, 2.05) is 19.1 Å². The van der Waals surface area contributed by atoms with Gasteiger partial charge in [-0.1, -0.05) is 38.1 Å². The number of hydrogen-bond acceptors (Lipinski definition) is 5. The number of H-pyrrole nitrogens is 1. The average molecular weight is 414 g/mol. The summed E-state index contributed by atoms with van der Waals surface area (Å²) in [4.78, 5) is 15.3. The lowest BCUT2D eigenvalue weighted by Crippen LogP contribution is -2.30. The lowest BCUT2D eigenvalue weighted by Gasteiger charge is -2.18. The molecule has 29 heavy (non-hydrogen) atoms. The smallest absolute Gasteiger partial charge is 0.295 e. The Morgan fingerprint density at radius 1 is 1.14 bits per heavy atom. The van der Waals surface area contributed by atoms with Crippen molar-refractivity contribution in [1.82, 2.24) is 9.29 Å². The molecule has 3 aromatic rings. The van der Waals surface area contributed by atoms with Gasteiger partial charge in [-0.15, -0.1) is 10.2 Å². The second kappa shape index (κ2) is 8.14. The minimum atomic E-state index is -3.69. The van der Waals surface area contributed by atoms with Gasteiger partial charge in [-0.2, -0.15) is 4.31 Å². The Balaban J connectivity index is 1.93. The molecule has 0 saturated carbocycles. The monoisotopic (exact) mass is 414 g/mol. The van der Waals surface area contributed by atoms with Crippen molar-refractivity contribution in [2.45, 2.75) is 25.7 Å². The summed E-state index contributed by atoms with van der Waals surface area (Å²) in [6.07, 6.45) is 0. The summed E-state index contributed by atoms with van der Waals surface area (Å²) in [6, 6.07) is 11.1. The number of sulfonamides is 1. The number of azo groups is 1. The van der Waals surface area contributed by atoms with Crippen LogP contribution in [0.5, 0.6) is 5.88 Å². The molecule has 0 saturated heterocycles. The van der Waals surface area contributed by atoms with E-state index in [1.54, 1.807) is 19.9 Å². The van der Waals surface area contributed by atoms with Gasteiger partial charge >= 0.3 is 0 Å². The average Bonchev–Trinajstić information content (AvgIpc) is 3.03. The molecule has 8 nitrogen and oxygen atoms in total. The molecule has 0 aliphatic carbocycles. The third kappa shape index (κ3) is 3.92. The van der Waals surface area contributed by atoms with Crippen LogP contribution in [-0.2, 0) is 10.0 Å². The van der Waals surface area contributed by atoms with E-state index in [-0.39, 0.29) is 22.0 Å². The van der Waals surface area contributed by atoms with Gasteiger partial charge in [0, 0.05) is 24.0 Å². The van der Waals surface area contributed by atoms with E-state index in [0.29, 0.717) is 24.0 Å². The van der Waals surface area contributed by atoms with E-state index >= 15 is 0 Å². The fraction of sp³-hybridized carbons (Fsp3) is 0.250. The molecule has 1 heterocycles. The van der Waals surface area contributed by atoms with E-state index in [1.165, 1.54) is 28.6 Å². The molecule has 0 aliphatic rings. The van der Waals surface area contributed by atoms with E-state index in [9.17, 15) is 18.3 Å². The van der Waals surface area contributed by atoms with Crippen LogP contribution in [0.4, 0.5) is 5.69 Å². The van der Waals surface area contributed by atoms with Crippen molar-refractivity contribution in [3.05, 3.63) is 53.6 Å². The molecule has 0 radical (unpaired) electrons. The highest BCUT2D eigenvalue weighted by molar-refractivity contribution is 7.89. The largest absolute Gasteiger partial charge is 0.493 e. The van der Waals surface area contributed by atoms with Crippen molar-refractivity contribution < 1.29 is 18.3 Å². The van der Waals surface area contributed by atoms with Crippen molar-refractivity contribution in [1.29, 1.82) is 0 Å². The minimum absolute atomic E-state index is 0.0211. The van der Waals surface area contributed by atoms with Gasteiger partial charge in [0.05, 0.1) is 10.4 Å². The molecular weight excluding hydrogens is 392 g/mol. The summed E-state index contributed by atoms with van der Waals surface area (Å²) in [7, 11) is -3.69. The lowest BCUT2D eigenvalue weighted by atomic mass is 10.1. The first kappa shape index (κ1) is 20.7. The molecule has 0 unspecified atom stereocenters. The number of amides is 1. The molecule has 3 rings (SSSR count). The van der Waals surface area contributed by atoms with Crippen molar-refractivity contribution in [2.75, 3.05) is 13.1 Å². The summed E-state index contributed by atoms with van der Waals surface area (Å²) in [5.41, 5.74) is 1.88. The van der Waals surface area contributed by atoms with Crippen molar-refractivity contribution >= 4 is 32.5 Å². The molecular formula is C20H22N4O4S. The molecule has 1 amide bonds. The predicted molar refractivity (Wildman–Crippen MR) is 110 cm³/mol. The van der Waals surface area contributed by atoms with Crippen LogP contribution in [0.2, 0.25) is 0 Å². The number of benzene rings is 2. The highest BCUT2D eigenvalue weighted by Crippen LogP contribution is 2.36.